The molecule has 0 aliphatic heterocycles. The van der Waals surface area contributed by atoms with Gasteiger partial charge < -0.3 is 10.2 Å². The maximum atomic E-state index is 11.6. The zero-order chi connectivity index (χ0) is 11.3. The van der Waals surface area contributed by atoms with Crippen LogP contribution in [0.2, 0.25) is 0 Å². The number of carbonyl (C=O) groups excluding carboxylic acids is 1. The van der Waals surface area contributed by atoms with Gasteiger partial charge in [-0.05, 0) is 26.6 Å². The van der Waals surface area contributed by atoms with Crippen molar-refractivity contribution in [2.75, 3.05) is 27.2 Å². The topological polar surface area (TPSA) is 32.3 Å². The van der Waals surface area contributed by atoms with E-state index < -0.39 is 0 Å². The summed E-state index contributed by atoms with van der Waals surface area (Å²) in [4.78, 5) is 14.9. The summed E-state index contributed by atoms with van der Waals surface area (Å²) in [5.74, 6) is 0.0350. The summed E-state index contributed by atoms with van der Waals surface area (Å²) >= 11 is 1.65. The second-order valence-corrected chi connectivity index (χ2v) is 4.71. The highest BCUT2D eigenvalue weighted by molar-refractivity contribution is 7.10. The molecule has 0 aliphatic rings. The molecule has 0 atom stereocenters. The number of likely N-dealkylation sites (N-methyl/N-ethyl adjacent to an activating group) is 1. The summed E-state index contributed by atoms with van der Waals surface area (Å²) in [6, 6.07) is 1.97. The first-order chi connectivity index (χ1) is 7.13. The Bertz CT molecular complexity index is 326. The van der Waals surface area contributed by atoms with Crippen LogP contribution >= 0.6 is 11.3 Å². The van der Waals surface area contributed by atoms with Gasteiger partial charge in [0.25, 0.3) is 5.91 Å². The van der Waals surface area contributed by atoms with Gasteiger partial charge in [0, 0.05) is 24.8 Å². The lowest BCUT2D eigenvalue weighted by atomic mass is 10.2. The predicted octanol–water partition coefficient (Wildman–Crippen LogP) is 1.85. The quantitative estimate of drug-likeness (QED) is 0.834. The largest absolute Gasteiger partial charge is 0.351 e. The molecule has 1 N–H and O–H groups in total. The maximum absolute atomic E-state index is 11.6. The second kappa shape index (κ2) is 5.88. The number of nitrogens with zero attached hydrogens (tertiary/aromatic N) is 1. The van der Waals surface area contributed by atoms with E-state index in [-0.39, 0.29) is 7.33 Å². The lowest BCUT2D eigenvalue weighted by molar-refractivity contribution is 0.0951. The van der Waals surface area contributed by atoms with Gasteiger partial charge in [0.15, 0.2) is 0 Å². The van der Waals surface area contributed by atoms with Gasteiger partial charge >= 0.3 is 0 Å². The van der Waals surface area contributed by atoms with Gasteiger partial charge in [-0.25, -0.2) is 0 Å². The van der Waals surface area contributed by atoms with Crippen LogP contribution in [0.15, 0.2) is 11.4 Å². The Morgan fingerprint density at radius 2 is 2.33 bits per heavy atom. The van der Waals surface area contributed by atoms with E-state index in [9.17, 15) is 4.79 Å². The first-order valence-corrected chi connectivity index (χ1v) is 6.01. The Morgan fingerprint density at radius 1 is 1.60 bits per heavy atom. The molecule has 3 nitrogen and oxygen atoms in total. The van der Waals surface area contributed by atoms with Crippen LogP contribution in [-0.2, 0) is 6.42 Å². The first-order valence-electron chi connectivity index (χ1n) is 5.13. The number of rotatable bonds is 5. The standard InChI is InChI=1S/C11H18N2OS.H2/c1-4-10-7-9(8-15-10)11(14)12-5-6-13(2)3;/h7-8H,4-6H2,1-3H3,(H,12,14);1H. The molecule has 0 fully saturated rings. The molecule has 0 radical (unpaired) electrons. The minimum Gasteiger partial charge on any atom is -0.351 e. The molecule has 86 valence electrons. The highest BCUT2D eigenvalue weighted by Gasteiger charge is 2.06. The van der Waals surface area contributed by atoms with E-state index in [1.807, 2.05) is 30.4 Å². The van der Waals surface area contributed by atoms with Crippen molar-refractivity contribution < 1.29 is 6.22 Å². The summed E-state index contributed by atoms with van der Waals surface area (Å²) in [6.07, 6.45) is 0.996. The van der Waals surface area contributed by atoms with E-state index in [2.05, 4.69) is 12.2 Å². The molecule has 1 rings (SSSR count). The van der Waals surface area contributed by atoms with Gasteiger partial charge in [-0.1, -0.05) is 6.92 Å². The van der Waals surface area contributed by atoms with Gasteiger partial charge in [0.05, 0.1) is 5.56 Å². The molecule has 1 amide bonds. The molecule has 0 aromatic carbocycles. The van der Waals surface area contributed by atoms with Crippen molar-refractivity contribution in [3.63, 3.8) is 0 Å². The Balaban J connectivity index is 0.00000225. The number of hydrogen-bond donors (Lipinski definition) is 1. The zero-order valence-electron chi connectivity index (χ0n) is 9.54. The summed E-state index contributed by atoms with van der Waals surface area (Å²) in [7, 11) is 3.98. The van der Waals surface area contributed by atoms with Gasteiger partial charge in [0.2, 0.25) is 0 Å². The number of carbonyl (C=O) groups is 1. The second-order valence-electron chi connectivity index (χ2n) is 3.71. The molecule has 0 saturated heterocycles. The van der Waals surface area contributed by atoms with E-state index in [0.29, 0.717) is 6.54 Å². The molecule has 15 heavy (non-hydrogen) atoms. The third kappa shape index (κ3) is 4.01. The van der Waals surface area contributed by atoms with Crippen LogP contribution < -0.4 is 5.32 Å². The van der Waals surface area contributed by atoms with Crippen LogP contribution in [0.1, 0.15) is 23.6 Å². The third-order valence-electron chi connectivity index (χ3n) is 2.11. The predicted molar refractivity (Wildman–Crippen MR) is 66.7 cm³/mol. The monoisotopic (exact) mass is 228 g/mol. The van der Waals surface area contributed by atoms with Crippen LogP contribution in [0, 0.1) is 0 Å². The number of aryl methyl sites for hydroxylation is 1. The molecule has 1 aromatic rings. The Hall–Kier alpha value is -0.870. The average Bonchev–Trinajstić information content (AvgIpc) is 2.65. The molecule has 0 unspecified atom stereocenters. The molecule has 0 spiro atoms. The maximum Gasteiger partial charge on any atom is 0.252 e. The lowest BCUT2D eigenvalue weighted by Crippen LogP contribution is -2.31. The smallest absolute Gasteiger partial charge is 0.252 e. The van der Waals surface area contributed by atoms with Gasteiger partial charge in [-0.3, -0.25) is 4.79 Å². The fourth-order valence-corrected chi connectivity index (χ4v) is 2.00. The van der Waals surface area contributed by atoms with Gasteiger partial charge in [-0.2, -0.15) is 0 Å². The SMILES string of the molecule is CCc1cc(C(=O)NCCN(C)C)cs1.[HH]. The molecular formula is C11H20N2OS. The van der Waals surface area contributed by atoms with Crippen LogP contribution in [0.4, 0.5) is 0 Å². The Labute approximate surface area is 96.6 Å². The van der Waals surface area contributed by atoms with E-state index >= 15 is 0 Å². The van der Waals surface area contributed by atoms with Gasteiger partial charge in [-0.15, -0.1) is 11.3 Å². The molecule has 1 heterocycles. The van der Waals surface area contributed by atoms with Crippen molar-refractivity contribution >= 4 is 17.2 Å². The molecule has 0 saturated carbocycles. The number of hydrogen-bond acceptors (Lipinski definition) is 3. The van der Waals surface area contributed by atoms with Crippen molar-refractivity contribution in [2.24, 2.45) is 0 Å². The van der Waals surface area contributed by atoms with Crippen molar-refractivity contribution in [1.82, 2.24) is 10.2 Å². The lowest BCUT2D eigenvalue weighted by Gasteiger charge is -2.09. The van der Waals surface area contributed by atoms with Crippen molar-refractivity contribution in [3.05, 3.63) is 21.9 Å². The summed E-state index contributed by atoms with van der Waals surface area (Å²) in [6.45, 7) is 3.67. The summed E-state index contributed by atoms with van der Waals surface area (Å²) in [5, 5.41) is 4.81. The molecule has 1 aromatic heterocycles. The Morgan fingerprint density at radius 3 is 2.87 bits per heavy atom. The number of nitrogens with one attached hydrogen (secondary N) is 1. The summed E-state index contributed by atoms with van der Waals surface area (Å²) < 4.78 is 0. The van der Waals surface area contributed by atoms with Crippen molar-refractivity contribution in [1.29, 1.82) is 0 Å². The summed E-state index contributed by atoms with van der Waals surface area (Å²) in [5.41, 5.74) is 0.788. The number of thiophene rings is 1. The molecule has 0 aliphatic carbocycles. The van der Waals surface area contributed by atoms with Crippen LogP contribution in [-0.4, -0.2) is 38.0 Å². The van der Waals surface area contributed by atoms with Crippen molar-refractivity contribution in [2.45, 2.75) is 13.3 Å². The zero-order valence-corrected chi connectivity index (χ0v) is 10.4. The molecule has 4 heteroatoms. The average molecular weight is 228 g/mol. The Kier molecular flexibility index (Phi) is 4.78. The van der Waals surface area contributed by atoms with E-state index in [1.165, 1.54) is 4.88 Å². The minimum absolute atomic E-state index is 0. The molecule has 0 bridgehead atoms. The normalized spacial score (nSPS) is 10.7. The fourth-order valence-electron chi connectivity index (χ4n) is 1.18. The fraction of sp³-hybridized carbons (Fsp3) is 0.545. The highest BCUT2D eigenvalue weighted by atomic mass is 32.1. The van der Waals surface area contributed by atoms with Crippen LogP contribution in [0.3, 0.4) is 0 Å². The van der Waals surface area contributed by atoms with Gasteiger partial charge in [0.1, 0.15) is 0 Å². The molecular weight excluding hydrogens is 208 g/mol. The van der Waals surface area contributed by atoms with E-state index in [0.717, 1.165) is 18.5 Å². The van der Waals surface area contributed by atoms with Crippen LogP contribution in [0.5, 0.6) is 0 Å². The minimum atomic E-state index is 0. The number of amides is 1. The van der Waals surface area contributed by atoms with Crippen LogP contribution in [0.25, 0.3) is 0 Å². The van der Waals surface area contributed by atoms with Crippen molar-refractivity contribution in [3.8, 4) is 0 Å². The third-order valence-corrected chi connectivity index (χ3v) is 3.19. The van der Waals surface area contributed by atoms with E-state index in [4.69, 9.17) is 0 Å². The highest BCUT2D eigenvalue weighted by Crippen LogP contribution is 2.14. The van der Waals surface area contributed by atoms with E-state index in [1.54, 1.807) is 11.3 Å². The first kappa shape index (κ1) is 12.2.